The van der Waals surface area contributed by atoms with Gasteiger partial charge >= 0.3 is 0 Å². The standard InChI is InChI=1S/C12H15N3O/c1-9(16)6-7-13-12-8-14-10-4-2-3-5-11(10)15-12/h2-5,8-9,16H,6-7H2,1H3,(H,13,15). The minimum absolute atomic E-state index is 0.291. The summed E-state index contributed by atoms with van der Waals surface area (Å²) in [6.45, 7) is 2.47. The summed E-state index contributed by atoms with van der Waals surface area (Å²) in [5.74, 6) is 0.749. The van der Waals surface area contributed by atoms with Gasteiger partial charge in [0.15, 0.2) is 0 Å². The zero-order chi connectivity index (χ0) is 11.4. The summed E-state index contributed by atoms with van der Waals surface area (Å²) in [5, 5.41) is 12.3. The van der Waals surface area contributed by atoms with Crippen molar-refractivity contribution in [3.05, 3.63) is 30.5 Å². The third kappa shape index (κ3) is 2.67. The molecular weight excluding hydrogens is 202 g/mol. The number of hydrogen-bond donors (Lipinski definition) is 2. The Hall–Kier alpha value is -1.68. The molecule has 1 unspecified atom stereocenters. The van der Waals surface area contributed by atoms with Crippen LogP contribution in [0, 0.1) is 0 Å². The SMILES string of the molecule is CC(O)CCNc1cnc2ccccc2n1. The van der Waals surface area contributed by atoms with Gasteiger partial charge in [-0.15, -0.1) is 0 Å². The van der Waals surface area contributed by atoms with Crippen molar-refractivity contribution in [2.75, 3.05) is 11.9 Å². The number of benzene rings is 1. The van der Waals surface area contributed by atoms with Gasteiger partial charge in [0.25, 0.3) is 0 Å². The van der Waals surface area contributed by atoms with Gasteiger partial charge in [0.2, 0.25) is 0 Å². The number of nitrogens with zero attached hydrogens (tertiary/aromatic N) is 2. The van der Waals surface area contributed by atoms with E-state index in [1.54, 1.807) is 13.1 Å². The Morgan fingerprint density at radius 3 is 2.81 bits per heavy atom. The predicted octanol–water partition coefficient (Wildman–Crippen LogP) is 1.81. The molecule has 0 aliphatic carbocycles. The summed E-state index contributed by atoms with van der Waals surface area (Å²) >= 11 is 0. The molecule has 0 saturated carbocycles. The number of rotatable bonds is 4. The Morgan fingerprint density at radius 1 is 1.31 bits per heavy atom. The number of nitrogens with one attached hydrogen (secondary N) is 1. The van der Waals surface area contributed by atoms with E-state index in [-0.39, 0.29) is 6.10 Å². The second kappa shape index (κ2) is 4.90. The molecule has 1 aromatic heterocycles. The first-order valence-corrected chi connectivity index (χ1v) is 5.39. The molecule has 0 aliphatic rings. The summed E-state index contributed by atoms with van der Waals surface area (Å²) < 4.78 is 0. The first-order valence-electron chi connectivity index (χ1n) is 5.39. The molecule has 0 aliphatic heterocycles. The predicted molar refractivity (Wildman–Crippen MR) is 64.3 cm³/mol. The van der Waals surface area contributed by atoms with Gasteiger partial charge in [0.1, 0.15) is 5.82 Å². The van der Waals surface area contributed by atoms with Crippen molar-refractivity contribution in [1.82, 2.24) is 9.97 Å². The summed E-state index contributed by atoms with van der Waals surface area (Å²) in [6, 6.07) is 7.75. The Labute approximate surface area is 94.4 Å². The number of para-hydroxylation sites is 2. The van der Waals surface area contributed by atoms with Crippen LogP contribution in [0.4, 0.5) is 5.82 Å². The number of fused-ring (bicyclic) bond motifs is 1. The molecule has 4 heteroatoms. The van der Waals surface area contributed by atoms with Gasteiger partial charge in [0.05, 0.1) is 23.3 Å². The van der Waals surface area contributed by atoms with Crippen molar-refractivity contribution in [3.8, 4) is 0 Å². The van der Waals surface area contributed by atoms with Gasteiger partial charge in [-0.3, -0.25) is 4.98 Å². The summed E-state index contributed by atoms with van der Waals surface area (Å²) in [6.07, 6.45) is 2.12. The Balaban J connectivity index is 2.08. The van der Waals surface area contributed by atoms with Crippen molar-refractivity contribution in [1.29, 1.82) is 0 Å². The van der Waals surface area contributed by atoms with E-state index in [0.717, 1.165) is 16.9 Å². The average Bonchev–Trinajstić information content (AvgIpc) is 2.28. The van der Waals surface area contributed by atoms with E-state index in [4.69, 9.17) is 5.11 Å². The highest BCUT2D eigenvalue weighted by atomic mass is 16.3. The van der Waals surface area contributed by atoms with Crippen molar-refractivity contribution < 1.29 is 5.11 Å². The number of anilines is 1. The molecule has 84 valence electrons. The molecule has 0 bridgehead atoms. The van der Waals surface area contributed by atoms with Crippen LogP contribution >= 0.6 is 0 Å². The van der Waals surface area contributed by atoms with Gasteiger partial charge in [-0.1, -0.05) is 12.1 Å². The smallest absolute Gasteiger partial charge is 0.145 e. The first-order chi connectivity index (χ1) is 7.75. The maximum Gasteiger partial charge on any atom is 0.145 e. The lowest BCUT2D eigenvalue weighted by atomic mass is 10.3. The summed E-state index contributed by atoms with van der Waals surface area (Å²) in [5.41, 5.74) is 1.77. The number of aromatic nitrogens is 2. The van der Waals surface area contributed by atoms with Crippen LogP contribution in [0.2, 0.25) is 0 Å². The van der Waals surface area contributed by atoms with Crippen LogP contribution in [0.25, 0.3) is 11.0 Å². The molecular formula is C12H15N3O. The molecule has 0 fully saturated rings. The Bertz CT molecular complexity index is 471. The molecule has 0 amide bonds. The Morgan fingerprint density at radius 2 is 2.06 bits per heavy atom. The monoisotopic (exact) mass is 217 g/mol. The van der Waals surface area contributed by atoms with E-state index in [1.165, 1.54) is 0 Å². The minimum Gasteiger partial charge on any atom is -0.393 e. The number of hydrogen-bond acceptors (Lipinski definition) is 4. The van der Waals surface area contributed by atoms with Crippen LogP contribution < -0.4 is 5.32 Å². The average molecular weight is 217 g/mol. The lowest BCUT2D eigenvalue weighted by molar-refractivity contribution is 0.188. The van der Waals surface area contributed by atoms with Crippen LogP contribution in [-0.2, 0) is 0 Å². The van der Waals surface area contributed by atoms with Gasteiger partial charge in [-0.05, 0) is 25.5 Å². The molecule has 16 heavy (non-hydrogen) atoms. The maximum atomic E-state index is 9.13. The molecule has 1 atom stereocenters. The molecule has 2 N–H and O–H groups in total. The van der Waals surface area contributed by atoms with Crippen LogP contribution in [0.5, 0.6) is 0 Å². The van der Waals surface area contributed by atoms with E-state index in [0.29, 0.717) is 13.0 Å². The van der Waals surface area contributed by atoms with Gasteiger partial charge in [-0.2, -0.15) is 0 Å². The highest BCUT2D eigenvalue weighted by Crippen LogP contribution is 2.11. The van der Waals surface area contributed by atoms with Crippen LogP contribution in [0.1, 0.15) is 13.3 Å². The molecule has 0 radical (unpaired) electrons. The molecule has 1 heterocycles. The van der Waals surface area contributed by atoms with E-state index < -0.39 is 0 Å². The highest BCUT2D eigenvalue weighted by molar-refractivity contribution is 5.75. The Kier molecular flexibility index (Phi) is 3.31. The number of aliphatic hydroxyl groups excluding tert-OH is 1. The zero-order valence-corrected chi connectivity index (χ0v) is 9.22. The lowest BCUT2D eigenvalue weighted by Crippen LogP contribution is -2.10. The van der Waals surface area contributed by atoms with E-state index in [9.17, 15) is 0 Å². The molecule has 1 aromatic carbocycles. The number of aliphatic hydroxyl groups is 1. The fraction of sp³-hybridized carbons (Fsp3) is 0.333. The van der Waals surface area contributed by atoms with Crippen LogP contribution in [-0.4, -0.2) is 27.7 Å². The first kappa shape index (κ1) is 10.8. The fourth-order valence-corrected chi connectivity index (χ4v) is 1.45. The molecule has 4 nitrogen and oxygen atoms in total. The molecule has 0 spiro atoms. The third-order valence-electron chi connectivity index (χ3n) is 2.32. The largest absolute Gasteiger partial charge is 0.393 e. The van der Waals surface area contributed by atoms with Crippen LogP contribution in [0.15, 0.2) is 30.5 Å². The lowest BCUT2D eigenvalue weighted by Gasteiger charge is -2.07. The second-order valence-electron chi connectivity index (χ2n) is 3.81. The van der Waals surface area contributed by atoms with Crippen LogP contribution in [0.3, 0.4) is 0 Å². The van der Waals surface area contributed by atoms with Gasteiger partial charge in [0, 0.05) is 6.54 Å². The van der Waals surface area contributed by atoms with Crippen molar-refractivity contribution in [2.45, 2.75) is 19.4 Å². The fourth-order valence-electron chi connectivity index (χ4n) is 1.45. The normalized spacial score (nSPS) is 12.6. The summed E-state index contributed by atoms with van der Waals surface area (Å²) in [7, 11) is 0. The molecule has 2 aromatic rings. The van der Waals surface area contributed by atoms with Gasteiger partial charge in [-0.25, -0.2) is 4.98 Å². The second-order valence-corrected chi connectivity index (χ2v) is 3.81. The van der Waals surface area contributed by atoms with Crippen molar-refractivity contribution in [3.63, 3.8) is 0 Å². The summed E-state index contributed by atoms with van der Waals surface area (Å²) in [4.78, 5) is 8.71. The topological polar surface area (TPSA) is 58.0 Å². The highest BCUT2D eigenvalue weighted by Gasteiger charge is 1.99. The van der Waals surface area contributed by atoms with E-state index in [1.807, 2.05) is 24.3 Å². The molecule has 0 saturated heterocycles. The zero-order valence-electron chi connectivity index (χ0n) is 9.22. The van der Waals surface area contributed by atoms with Crippen molar-refractivity contribution in [2.24, 2.45) is 0 Å². The van der Waals surface area contributed by atoms with E-state index >= 15 is 0 Å². The van der Waals surface area contributed by atoms with Gasteiger partial charge < -0.3 is 10.4 Å². The third-order valence-corrected chi connectivity index (χ3v) is 2.32. The quantitative estimate of drug-likeness (QED) is 0.820. The molecule has 2 rings (SSSR count). The minimum atomic E-state index is -0.291. The van der Waals surface area contributed by atoms with E-state index in [2.05, 4.69) is 15.3 Å². The maximum absolute atomic E-state index is 9.13. The van der Waals surface area contributed by atoms with Crippen molar-refractivity contribution >= 4 is 16.9 Å².